The van der Waals surface area contributed by atoms with Gasteiger partial charge in [-0.3, -0.25) is 0 Å². The second-order valence-corrected chi connectivity index (χ2v) is 3.66. The highest BCUT2D eigenvalue weighted by atomic mass is 16.5. The van der Waals surface area contributed by atoms with E-state index in [1.54, 1.807) is 7.11 Å². The number of fused-ring (bicyclic) bond motifs is 1. The van der Waals surface area contributed by atoms with E-state index in [1.165, 1.54) is 0 Å². The van der Waals surface area contributed by atoms with E-state index in [1.807, 2.05) is 30.4 Å². The average Bonchev–Trinajstić information content (AvgIpc) is 2.25. The summed E-state index contributed by atoms with van der Waals surface area (Å²) in [6.07, 6.45) is 3.26. The highest BCUT2D eigenvalue weighted by Crippen LogP contribution is 2.32. The van der Waals surface area contributed by atoms with Crippen LogP contribution in [-0.2, 0) is 11.3 Å². The molecule has 0 radical (unpaired) electrons. The van der Waals surface area contributed by atoms with Gasteiger partial charge in [0.05, 0.1) is 6.61 Å². The lowest BCUT2D eigenvalue weighted by atomic mass is 9.89. The van der Waals surface area contributed by atoms with Crippen molar-refractivity contribution in [1.29, 1.82) is 0 Å². The molecule has 0 spiro atoms. The van der Waals surface area contributed by atoms with Crippen molar-refractivity contribution in [3.05, 3.63) is 53.1 Å². The third-order valence-electron chi connectivity index (χ3n) is 2.64. The zero-order valence-electron chi connectivity index (χ0n) is 8.73. The maximum Gasteiger partial charge on any atom is 0.104 e. The Morgan fingerprint density at radius 3 is 2.93 bits per heavy atom. The SMILES string of the molecule is C=C1C=Cc2c(COC)cccc2C1O. The number of methoxy groups -OCH3 is 1. The summed E-state index contributed by atoms with van der Waals surface area (Å²) in [5, 5.41) is 9.93. The summed E-state index contributed by atoms with van der Waals surface area (Å²) in [5.41, 5.74) is 3.80. The van der Waals surface area contributed by atoms with Crippen LogP contribution in [0, 0.1) is 0 Å². The molecular weight excluding hydrogens is 188 g/mol. The fourth-order valence-electron chi connectivity index (χ4n) is 1.84. The molecule has 2 rings (SSSR count). The Hall–Kier alpha value is -1.38. The van der Waals surface area contributed by atoms with Crippen LogP contribution in [0.1, 0.15) is 22.8 Å². The van der Waals surface area contributed by atoms with Crippen LogP contribution in [0.15, 0.2) is 36.4 Å². The van der Waals surface area contributed by atoms with Crippen molar-refractivity contribution in [2.75, 3.05) is 7.11 Å². The molecular formula is C13H14O2. The van der Waals surface area contributed by atoms with Gasteiger partial charge in [0.25, 0.3) is 0 Å². The summed E-state index contributed by atoms with van der Waals surface area (Å²) in [6, 6.07) is 5.87. The van der Waals surface area contributed by atoms with Crippen LogP contribution in [0.25, 0.3) is 6.08 Å². The summed E-state index contributed by atoms with van der Waals surface area (Å²) >= 11 is 0. The maximum absolute atomic E-state index is 9.93. The molecule has 0 heterocycles. The first-order chi connectivity index (χ1) is 7.24. The summed E-state index contributed by atoms with van der Waals surface area (Å²) in [6.45, 7) is 4.36. The maximum atomic E-state index is 9.93. The van der Waals surface area contributed by atoms with Gasteiger partial charge in [-0.1, -0.05) is 36.9 Å². The van der Waals surface area contributed by atoms with Gasteiger partial charge in [-0.15, -0.1) is 0 Å². The van der Waals surface area contributed by atoms with Crippen molar-refractivity contribution in [1.82, 2.24) is 0 Å². The van der Waals surface area contributed by atoms with Crippen LogP contribution in [0.3, 0.4) is 0 Å². The number of hydrogen-bond acceptors (Lipinski definition) is 2. The Bertz CT molecular complexity index is 419. The molecule has 0 saturated heterocycles. The molecule has 1 aromatic rings. The van der Waals surface area contributed by atoms with E-state index in [9.17, 15) is 5.11 Å². The molecule has 0 bridgehead atoms. The van der Waals surface area contributed by atoms with Gasteiger partial charge in [-0.25, -0.2) is 0 Å². The predicted molar refractivity (Wildman–Crippen MR) is 60.3 cm³/mol. The fourth-order valence-corrected chi connectivity index (χ4v) is 1.84. The molecule has 2 nitrogen and oxygen atoms in total. The molecule has 78 valence electrons. The Morgan fingerprint density at radius 2 is 2.20 bits per heavy atom. The molecule has 0 fully saturated rings. The van der Waals surface area contributed by atoms with Crippen LogP contribution in [0.2, 0.25) is 0 Å². The summed E-state index contributed by atoms with van der Waals surface area (Å²) in [4.78, 5) is 0. The minimum absolute atomic E-state index is 0.562. The summed E-state index contributed by atoms with van der Waals surface area (Å²) < 4.78 is 5.12. The van der Waals surface area contributed by atoms with E-state index < -0.39 is 6.10 Å². The van der Waals surface area contributed by atoms with Crippen molar-refractivity contribution in [2.24, 2.45) is 0 Å². The molecule has 1 unspecified atom stereocenters. The smallest absolute Gasteiger partial charge is 0.104 e. The molecule has 1 N–H and O–H groups in total. The van der Waals surface area contributed by atoms with Gasteiger partial charge in [0, 0.05) is 7.11 Å². The zero-order valence-corrected chi connectivity index (χ0v) is 8.73. The van der Waals surface area contributed by atoms with Gasteiger partial charge in [-0.2, -0.15) is 0 Å². The third-order valence-corrected chi connectivity index (χ3v) is 2.64. The van der Waals surface area contributed by atoms with Crippen LogP contribution >= 0.6 is 0 Å². The van der Waals surface area contributed by atoms with Crippen LogP contribution in [0.4, 0.5) is 0 Å². The molecule has 15 heavy (non-hydrogen) atoms. The highest BCUT2D eigenvalue weighted by Gasteiger charge is 2.18. The number of ether oxygens (including phenoxy) is 1. The molecule has 0 amide bonds. The molecule has 2 heteroatoms. The van der Waals surface area contributed by atoms with E-state index in [-0.39, 0.29) is 0 Å². The lowest BCUT2D eigenvalue weighted by Gasteiger charge is -2.21. The molecule has 0 saturated carbocycles. The molecule has 1 aliphatic carbocycles. The number of rotatable bonds is 2. The number of hydrogen-bond donors (Lipinski definition) is 1. The highest BCUT2D eigenvalue weighted by molar-refractivity contribution is 5.65. The third kappa shape index (κ3) is 1.74. The van der Waals surface area contributed by atoms with E-state index in [2.05, 4.69) is 6.58 Å². The molecule has 0 aliphatic heterocycles. The van der Waals surface area contributed by atoms with Crippen LogP contribution in [0.5, 0.6) is 0 Å². The van der Waals surface area contributed by atoms with E-state index >= 15 is 0 Å². The summed E-state index contributed by atoms with van der Waals surface area (Å²) in [5.74, 6) is 0. The minimum Gasteiger partial charge on any atom is -0.384 e. The standard InChI is InChI=1S/C13H14O2/c1-9-6-7-11-10(8-15-2)4-3-5-12(11)13(9)14/h3-7,13-14H,1,8H2,2H3. The zero-order chi connectivity index (χ0) is 10.8. The van der Waals surface area contributed by atoms with Gasteiger partial charge in [0.1, 0.15) is 6.10 Å². The Labute approximate surface area is 89.5 Å². The number of aliphatic hydroxyl groups is 1. The first-order valence-electron chi connectivity index (χ1n) is 4.89. The lowest BCUT2D eigenvalue weighted by molar-refractivity contribution is 0.183. The largest absolute Gasteiger partial charge is 0.384 e. The van der Waals surface area contributed by atoms with Gasteiger partial charge in [0.2, 0.25) is 0 Å². The molecule has 1 atom stereocenters. The molecule has 1 aliphatic rings. The lowest BCUT2D eigenvalue weighted by Crippen LogP contribution is -2.07. The van der Waals surface area contributed by atoms with Crippen molar-refractivity contribution in [3.8, 4) is 0 Å². The topological polar surface area (TPSA) is 29.5 Å². The fraction of sp³-hybridized carbons (Fsp3) is 0.231. The number of benzene rings is 1. The van der Waals surface area contributed by atoms with Crippen LogP contribution in [-0.4, -0.2) is 12.2 Å². The number of aliphatic hydroxyl groups excluding tert-OH is 1. The molecule has 1 aromatic carbocycles. The predicted octanol–water partition coefficient (Wildman–Crippen LogP) is 2.45. The van der Waals surface area contributed by atoms with E-state index in [0.717, 1.165) is 22.3 Å². The Kier molecular flexibility index (Phi) is 2.71. The average molecular weight is 202 g/mol. The van der Waals surface area contributed by atoms with Crippen molar-refractivity contribution in [3.63, 3.8) is 0 Å². The quantitative estimate of drug-likeness (QED) is 0.798. The van der Waals surface area contributed by atoms with Gasteiger partial charge < -0.3 is 9.84 Å². The van der Waals surface area contributed by atoms with Crippen molar-refractivity contribution in [2.45, 2.75) is 12.7 Å². The Morgan fingerprint density at radius 1 is 1.40 bits per heavy atom. The van der Waals surface area contributed by atoms with Crippen molar-refractivity contribution < 1.29 is 9.84 Å². The first-order valence-corrected chi connectivity index (χ1v) is 4.89. The Balaban J connectivity index is 2.51. The van der Waals surface area contributed by atoms with E-state index in [4.69, 9.17) is 4.74 Å². The second kappa shape index (κ2) is 4.01. The van der Waals surface area contributed by atoms with Gasteiger partial charge in [-0.05, 0) is 22.3 Å². The van der Waals surface area contributed by atoms with Gasteiger partial charge >= 0.3 is 0 Å². The summed E-state index contributed by atoms with van der Waals surface area (Å²) in [7, 11) is 1.67. The minimum atomic E-state index is -0.582. The monoisotopic (exact) mass is 202 g/mol. The molecule has 0 aromatic heterocycles. The van der Waals surface area contributed by atoms with Crippen LogP contribution < -0.4 is 0 Å². The second-order valence-electron chi connectivity index (χ2n) is 3.66. The van der Waals surface area contributed by atoms with E-state index in [0.29, 0.717) is 6.61 Å². The van der Waals surface area contributed by atoms with Gasteiger partial charge in [0.15, 0.2) is 0 Å². The first kappa shape index (κ1) is 10.1. The van der Waals surface area contributed by atoms with Crippen molar-refractivity contribution >= 4 is 6.08 Å². The normalized spacial score (nSPS) is 19.1.